The number of anilines is 1. The highest BCUT2D eigenvalue weighted by Gasteiger charge is 2.10. The van der Waals surface area contributed by atoms with Crippen LogP contribution in [0.4, 0.5) is 11.4 Å². The lowest BCUT2D eigenvalue weighted by Gasteiger charge is -2.05. The number of hydrogen-bond acceptors (Lipinski definition) is 5. The van der Waals surface area contributed by atoms with E-state index in [-0.39, 0.29) is 5.69 Å². The Hall–Kier alpha value is -1.76. The molecule has 0 saturated heterocycles. The van der Waals surface area contributed by atoms with Gasteiger partial charge in [0, 0.05) is 26.9 Å². The molecule has 0 atom stereocenters. The Bertz CT molecular complexity index is 604. The van der Waals surface area contributed by atoms with Gasteiger partial charge in [0.2, 0.25) is 0 Å². The zero-order valence-electron chi connectivity index (χ0n) is 9.67. The fourth-order valence-corrected chi connectivity index (χ4v) is 2.51. The quantitative estimate of drug-likeness (QED) is 0.511. The first-order valence-electron chi connectivity index (χ1n) is 5.28. The van der Waals surface area contributed by atoms with Crippen LogP contribution in [-0.4, -0.2) is 4.92 Å². The van der Waals surface area contributed by atoms with Gasteiger partial charge in [0.1, 0.15) is 0 Å². The van der Waals surface area contributed by atoms with E-state index in [2.05, 4.69) is 5.43 Å². The van der Waals surface area contributed by atoms with E-state index in [1.807, 2.05) is 12.1 Å². The highest BCUT2D eigenvalue weighted by atomic mass is 35.5. The van der Waals surface area contributed by atoms with Crippen LogP contribution in [0.5, 0.6) is 0 Å². The highest BCUT2D eigenvalue weighted by Crippen LogP contribution is 2.33. The van der Waals surface area contributed by atoms with Crippen molar-refractivity contribution in [1.29, 1.82) is 0 Å². The van der Waals surface area contributed by atoms with Crippen LogP contribution >= 0.6 is 23.4 Å². The summed E-state index contributed by atoms with van der Waals surface area (Å²) in [6, 6.07) is 11.9. The van der Waals surface area contributed by atoms with Crippen LogP contribution < -0.4 is 11.3 Å². The molecular weight excluding hydrogens is 286 g/mol. The molecule has 0 fully saturated rings. The summed E-state index contributed by atoms with van der Waals surface area (Å²) in [5.41, 5.74) is 2.90. The standard InChI is InChI=1S/C12H10ClN3O2S/c13-8-1-3-11(4-2-8)19-12-6-9(15-14)5-10(7-12)16(17)18/h1-7,15H,14H2. The predicted molar refractivity (Wildman–Crippen MR) is 76.5 cm³/mol. The number of nitrogens with two attached hydrogens (primary N) is 1. The van der Waals surface area contributed by atoms with Crippen LogP contribution in [0.3, 0.4) is 0 Å². The normalized spacial score (nSPS) is 10.2. The molecule has 0 unspecified atom stereocenters. The van der Waals surface area contributed by atoms with Crippen molar-refractivity contribution in [3.8, 4) is 0 Å². The van der Waals surface area contributed by atoms with Crippen molar-refractivity contribution in [3.63, 3.8) is 0 Å². The number of halogens is 1. The van der Waals surface area contributed by atoms with Crippen molar-refractivity contribution < 1.29 is 4.92 Å². The van der Waals surface area contributed by atoms with E-state index in [4.69, 9.17) is 17.4 Å². The van der Waals surface area contributed by atoms with Crippen LogP contribution in [0.25, 0.3) is 0 Å². The molecule has 0 amide bonds. The molecule has 0 aliphatic rings. The van der Waals surface area contributed by atoms with E-state index in [1.54, 1.807) is 18.2 Å². The van der Waals surface area contributed by atoms with Crippen molar-refractivity contribution in [2.45, 2.75) is 9.79 Å². The van der Waals surface area contributed by atoms with Gasteiger partial charge in [-0.25, -0.2) is 0 Å². The molecule has 2 rings (SSSR count). The molecule has 0 aliphatic heterocycles. The SMILES string of the molecule is NNc1cc(Sc2ccc(Cl)cc2)cc([N+](=O)[O-])c1. The zero-order chi connectivity index (χ0) is 13.8. The number of hydrogen-bond donors (Lipinski definition) is 2. The first-order chi connectivity index (χ1) is 9.08. The van der Waals surface area contributed by atoms with Gasteiger partial charge in [-0.15, -0.1) is 0 Å². The second-order valence-corrected chi connectivity index (χ2v) is 5.26. The van der Waals surface area contributed by atoms with Gasteiger partial charge in [-0.1, -0.05) is 23.4 Å². The lowest BCUT2D eigenvalue weighted by Crippen LogP contribution is -2.07. The largest absolute Gasteiger partial charge is 0.324 e. The minimum Gasteiger partial charge on any atom is -0.324 e. The Morgan fingerprint density at radius 3 is 2.42 bits per heavy atom. The number of non-ortho nitro benzene ring substituents is 1. The topological polar surface area (TPSA) is 81.2 Å². The van der Waals surface area contributed by atoms with Gasteiger partial charge in [0.25, 0.3) is 5.69 Å². The summed E-state index contributed by atoms with van der Waals surface area (Å²) in [4.78, 5) is 12.0. The molecule has 2 aromatic carbocycles. The van der Waals surface area contributed by atoms with E-state index >= 15 is 0 Å². The Balaban J connectivity index is 2.31. The summed E-state index contributed by atoms with van der Waals surface area (Å²) in [5, 5.41) is 11.5. The van der Waals surface area contributed by atoms with E-state index in [0.717, 1.165) is 9.79 Å². The average Bonchev–Trinajstić information content (AvgIpc) is 2.41. The molecule has 0 aliphatic carbocycles. The van der Waals surface area contributed by atoms with Crippen molar-refractivity contribution in [3.05, 3.63) is 57.6 Å². The number of nitro groups is 1. The molecule has 7 heteroatoms. The molecule has 0 saturated carbocycles. The third-order valence-electron chi connectivity index (χ3n) is 2.32. The molecule has 0 spiro atoms. The molecule has 0 aromatic heterocycles. The number of rotatable bonds is 4. The second kappa shape index (κ2) is 5.92. The molecular formula is C12H10ClN3O2S. The van der Waals surface area contributed by atoms with Crippen molar-refractivity contribution in [1.82, 2.24) is 0 Å². The summed E-state index contributed by atoms with van der Waals surface area (Å²) < 4.78 is 0. The van der Waals surface area contributed by atoms with Crippen LogP contribution in [0.2, 0.25) is 5.02 Å². The summed E-state index contributed by atoms with van der Waals surface area (Å²) in [5.74, 6) is 5.30. The second-order valence-electron chi connectivity index (χ2n) is 3.67. The zero-order valence-corrected chi connectivity index (χ0v) is 11.2. The summed E-state index contributed by atoms with van der Waals surface area (Å²) in [6.45, 7) is 0. The van der Waals surface area contributed by atoms with Gasteiger partial charge < -0.3 is 5.43 Å². The van der Waals surface area contributed by atoms with Gasteiger partial charge >= 0.3 is 0 Å². The predicted octanol–water partition coefficient (Wildman–Crippen LogP) is 3.69. The lowest BCUT2D eigenvalue weighted by molar-refractivity contribution is -0.385. The van der Waals surface area contributed by atoms with Gasteiger partial charge in [-0.2, -0.15) is 0 Å². The fraction of sp³-hybridized carbons (Fsp3) is 0. The van der Waals surface area contributed by atoms with Gasteiger partial charge in [-0.3, -0.25) is 16.0 Å². The van der Waals surface area contributed by atoms with Crippen LogP contribution in [0, 0.1) is 10.1 Å². The molecule has 0 radical (unpaired) electrons. The fourth-order valence-electron chi connectivity index (χ4n) is 1.47. The summed E-state index contributed by atoms with van der Waals surface area (Å²) in [6.07, 6.45) is 0. The maximum atomic E-state index is 10.8. The number of benzene rings is 2. The molecule has 0 bridgehead atoms. The molecule has 2 aromatic rings. The summed E-state index contributed by atoms with van der Waals surface area (Å²) in [7, 11) is 0. The maximum absolute atomic E-state index is 10.8. The first kappa shape index (κ1) is 13.7. The average molecular weight is 296 g/mol. The van der Waals surface area contributed by atoms with Gasteiger partial charge in [0.05, 0.1) is 10.6 Å². The Morgan fingerprint density at radius 1 is 1.16 bits per heavy atom. The highest BCUT2D eigenvalue weighted by molar-refractivity contribution is 7.99. The van der Waals surface area contributed by atoms with Crippen LogP contribution in [0.1, 0.15) is 0 Å². The molecule has 5 nitrogen and oxygen atoms in total. The Labute approximate surface area is 118 Å². The molecule has 0 heterocycles. The number of hydrazine groups is 1. The van der Waals surface area contributed by atoms with E-state index in [0.29, 0.717) is 10.7 Å². The van der Waals surface area contributed by atoms with Crippen molar-refractivity contribution in [2.24, 2.45) is 5.84 Å². The summed E-state index contributed by atoms with van der Waals surface area (Å²) >= 11 is 7.20. The Morgan fingerprint density at radius 2 is 1.84 bits per heavy atom. The number of nitrogens with one attached hydrogen (secondary N) is 1. The number of nitro benzene ring substituents is 1. The van der Waals surface area contributed by atoms with Crippen LogP contribution in [0.15, 0.2) is 52.3 Å². The van der Waals surface area contributed by atoms with Crippen molar-refractivity contribution >= 4 is 34.7 Å². The van der Waals surface area contributed by atoms with Crippen LogP contribution in [-0.2, 0) is 0 Å². The monoisotopic (exact) mass is 295 g/mol. The first-order valence-corrected chi connectivity index (χ1v) is 6.47. The third-order valence-corrected chi connectivity index (χ3v) is 3.55. The molecule has 98 valence electrons. The van der Waals surface area contributed by atoms with E-state index in [1.165, 1.54) is 23.9 Å². The van der Waals surface area contributed by atoms with Gasteiger partial charge in [-0.05, 0) is 30.3 Å². The molecule has 3 N–H and O–H groups in total. The van der Waals surface area contributed by atoms with Crippen molar-refractivity contribution in [2.75, 3.05) is 5.43 Å². The Kier molecular flexibility index (Phi) is 4.26. The third kappa shape index (κ3) is 3.60. The van der Waals surface area contributed by atoms with Gasteiger partial charge in [0.15, 0.2) is 0 Å². The maximum Gasteiger partial charge on any atom is 0.272 e. The van der Waals surface area contributed by atoms with E-state index < -0.39 is 4.92 Å². The molecule has 19 heavy (non-hydrogen) atoms. The lowest BCUT2D eigenvalue weighted by atomic mass is 10.3. The van der Waals surface area contributed by atoms with E-state index in [9.17, 15) is 10.1 Å². The smallest absolute Gasteiger partial charge is 0.272 e. The number of nitrogen functional groups attached to an aromatic ring is 1. The minimum absolute atomic E-state index is 0.00749. The minimum atomic E-state index is -0.452. The number of nitrogens with zero attached hydrogens (tertiary/aromatic N) is 1.